The predicted molar refractivity (Wildman–Crippen MR) is 82.8 cm³/mol. The largest absolute Gasteiger partial charge is 0.452 e. The van der Waals surface area contributed by atoms with Gasteiger partial charge >= 0.3 is 5.97 Å². The Balaban J connectivity index is 1.72. The highest BCUT2D eigenvalue weighted by Crippen LogP contribution is 2.25. The summed E-state index contributed by atoms with van der Waals surface area (Å²) in [5, 5.41) is 12.3. The first-order valence-electron chi connectivity index (χ1n) is 7.61. The van der Waals surface area contributed by atoms with E-state index in [1.165, 1.54) is 0 Å². The maximum atomic E-state index is 12.3. The molecule has 0 N–H and O–H groups in total. The van der Waals surface area contributed by atoms with Gasteiger partial charge in [-0.05, 0) is 29.8 Å². The molecule has 0 saturated carbocycles. The zero-order valence-corrected chi connectivity index (χ0v) is 13.2. The Morgan fingerprint density at radius 2 is 2.17 bits per heavy atom. The van der Waals surface area contributed by atoms with E-state index in [4.69, 9.17) is 9.15 Å². The number of aromatic nitrogens is 4. The molecule has 7 heteroatoms. The highest BCUT2D eigenvalue weighted by Gasteiger charge is 2.19. The normalized spacial score (nSPS) is 11.0. The van der Waals surface area contributed by atoms with Crippen LogP contribution in [0.1, 0.15) is 41.7 Å². The number of nitrogens with zero attached hydrogens (tertiary/aromatic N) is 4. The van der Waals surface area contributed by atoms with Crippen LogP contribution in [0, 0.1) is 6.92 Å². The molecule has 0 unspecified atom stereocenters. The van der Waals surface area contributed by atoms with E-state index >= 15 is 0 Å². The second-order valence-electron chi connectivity index (χ2n) is 5.30. The summed E-state index contributed by atoms with van der Waals surface area (Å²) >= 11 is 0. The summed E-state index contributed by atoms with van der Waals surface area (Å²) in [7, 11) is 0. The minimum Gasteiger partial charge on any atom is -0.452 e. The number of carbonyl (C=O) groups excluding carboxylic acids is 1. The molecular formula is C16H18N4O3. The number of fused-ring (bicyclic) bond motifs is 1. The van der Waals surface area contributed by atoms with E-state index in [0.29, 0.717) is 18.0 Å². The van der Waals surface area contributed by atoms with Crippen LogP contribution < -0.4 is 0 Å². The van der Waals surface area contributed by atoms with Gasteiger partial charge in [0.05, 0.1) is 0 Å². The van der Waals surface area contributed by atoms with Gasteiger partial charge in [0.15, 0.2) is 12.4 Å². The summed E-state index contributed by atoms with van der Waals surface area (Å²) in [4.78, 5) is 12.3. The molecule has 0 aliphatic rings. The summed E-state index contributed by atoms with van der Waals surface area (Å²) < 4.78 is 12.6. The van der Waals surface area contributed by atoms with Crippen LogP contribution in [0.2, 0.25) is 0 Å². The van der Waals surface area contributed by atoms with Crippen molar-refractivity contribution in [1.29, 1.82) is 0 Å². The van der Waals surface area contributed by atoms with E-state index < -0.39 is 5.97 Å². The lowest BCUT2D eigenvalue weighted by Crippen LogP contribution is -2.11. The number of benzene rings is 1. The number of esters is 1. The summed E-state index contributed by atoms with van der Waals surface area (Å²) in [5.41, 5.74) is 1.45. The van der Waals surface area contributed by atoms with Gasteiger partial charge in [0.2, 0.25) is 5.76 Å². The fourth-order valence-corrected chi connectivity index (χ4v) is 2.37. The number of aryl methyl sites for hydroxylation is 2. The van der Waals surface area contributed by atoms with Crippen LogP contribution in [0.5, 0.6) is 0 Å². The van der Waals surface area contributed by atoms with Gasteiger partial charge in [0, 0.05) is 17.5 Å². The molecule has 1 aromatic carbocycles. The molecule has 120 valence electrons. The molecule has 2 aromatic heterocycles. The molecule has 2 heterocycles. The third-order valence-corrected chi connectivity index (χ3v) is 3.69. The molecule has 0 radical (unpaired) electrons. The molecule has 3 aromatic rings. The summed E-state index contributed by atoms with van der Waals surface area (Å²) in [6.45, 7) is 4.66. The van der Waals surface area contributed by atoms with Crippen LogP contribution in [-0.2, 0) is 17.9 Å². The Bertz CT molecular complexity index is 822. The average Bonchev–Trinajstić information content (AvgIpc) is 3.15. The topological polar surface area (TPSA) is 83.0 Å². The average molecular weight is 314 g/mol. The molecule has 3 rings (SSSR count). The maximum Gasteiger partial charge on any atom is 0.375 e. The predicted octanol–water partition coefficient (Wildman–Crippen LogP) is 2.88. The Hall–Kier alpha value is -2.70. The number of rotatable bonds is 6. The van der Waals surface area contributed by atoms with Crippen LogP contribution in [0.25, 0.3) is 11.0 Å². The van der Waals surface area contributed by atoms with Crippen molar-refractivity contribution in [3.8, 4) is 0 Å². The van der Waals surface area contributed by atoms with Crippen molar-refractivity contribution >= 4 is 16.9 Å². The fraction of sp³-hybridized carbons (Fsp3) is 0.375. The molecule has 0 spiro atoms. The molecule has 0 fully saturated rings. The lowest BCUT2D eigenvalue weighted by molar-refractivity contribution is 0.0421. The van der Waals surface area contributed by atoms with Crippen LogP contribution in [0.3, 0.4) is 0 Å². The highest BCUT2D eigenvalue weighted by atomic mass is 16.5. The van der Waals surface area contributed by atoms with Crippen molar-refractivity contribution in [3.05, 3.63) is 41.4 Å². The third-order valence-electron chi connectivity index (χ3n) is 3.69. The molecule has 23 heavy (non-hydrogen) atoms. The second kappa shape index (κ2) is 6.60. The van der Waals surface area contributed by atoms with Crippen molar-refractivity contribution in [2.45, 2.75) is 39.8 Å². The lowest BCUT2D eigenvalue weighted by Gasteiger charge is -2.04. The number of para-hydroxylation sites is 1. The Morgan fingerprint density at radius 3 is 2.96 bits per heavy atom. The number of hydrogen-bond donors (Lipinski definition) is 0. The van der Waals surface area contributed by atoms with E-state index in [-0.39, 0.29) is 12.4 Å². The number of furan rings is 1. The molecular weight excluding hydrogens is 296 g/mol. The van der Waals surface area contributed by atoms with Gasteiger partial charge in [-0.15, -0.1) is 5.10 Å². The number of ether oxygens (including phenoxy) is 1. The van der Waals surface area contributed by atoms with Crippen molar-refractivity contribution in [3.63, 3.8) is 0 Å². The van der Waals surface area contributed by atoms with Gasteiger partial charge in [-0.3, -0.25) is 0 Å². The second-order valence-corrected chi connectivity index (χ2v) is 5.30. The zero-order chi connectivity index (χ0) is 16.2. The summed E-state index contributed by atoms with van der Waals surface area (Å²) in [5.74, 6) is 0.239. The molecule has 0 aliphatic carbocycles. The number of hydrogen-bond acceptors (Lipinski definition) is 6. The van der Waals surface area contributed by atoms with E-state index in [9.17, 15) is 4.79 Å². The lowest BCUT2D eigenvalue weighted by atomic mass is 10.1. The van der Waals surface area contributed by atoms with Crippen molar-refractivity contribution in [2.75, 3.05) is 0 Å². The first kappa shape index (κ1) is 15.2. The minimum atomic E-state index is -0.510. The van der Waals surface area contributed by atoms with Gasteiger partial charge in [-0.25, -0.2) is 9.48 Å². The molecule has 0 atom stereocenters. The zero-order valence-electron chi connectivity index (χ0n) is 13.2. The van der Waals surface area contributed by atoms with E-state index in [1.54, 1.807) is 4.68 Å². The molecule has 0 bridgehead atoms. The molecule has 7 nitrogen and oxygen atoms in total. The molecule has 0 amide bonds. The van der Waals surface area contributed by atoms with Crippen molar-refractivity contribution < 1.29 is 13.9 Å². The molecule has 0 aliphatic heterocycles. The Labute approximate surface area is 133 Å². The first-order valence-corrected chi connectivity index (χ1v) is 7.61. The number of tetrazole rings is 1. The SMILES string of the molecule is CCCCn1nnnc1COC(=O)c1oc2ccccc2c1C. The molecule has 0 saturated heterocycles. The standard InChI is InChI=1S/C16H18N4O3/c1-3-4-9-20-14(17-18-19-20)10-22-16(21)15-11(2)12-7-5-6-8-13(12)23-15/h5-8H,3-4,9-10H2,1-2H3. The van der Waals surface area contributed by atoms with Gasteiger partial charge in [0.25, 0.3) is 0 Å². The minimum absolute atomic E-state index is 0.0199. The Kier molecular flexibility index (Phi) is 4.36. The first-order chi connectivity index (χ1) is 11.2. The maximum absolute atomic E-state index is 12.3. The van der Waals surface area contributed by atoms with Gasteiger partial charge in [-0.1, -0.05) is 31.5 Å². The van der Waals surface area contributed by atoms with Gasteiger partial charge in [-0.2, -0.15) is 0 Å². The van der Waals surface area contributed by atoms with Crippen molar-refractivity contribution in [1.82, 2.24) is 20.2 Å². The van der Waals surface area contributed by atoms with Gasteiger partial charge in [0.1, 0.15) is 5.58 Å². The van der Waals surface area contributed by atoms with Crippen LogP contribution in [0.15, 0.2) is 28.7 Å². The highest BCUT2D eigenvalue weighted by molar-refractivity contribution is 5.95. The van der Waals surface area contributed by atoms with E-state index in [0.717, 1.165) is 23.8 Å². The van der Waals surface area contributed by atoms with Crippen LogP contribution in [0.4, 0.5) is 0 Å². The van der Waals surface area contributed by atoms with Crippen LogP contribution in [-0.4, -0.2) is 26.2 Å². The van der Waals surface area contributed by atoms with E-state index in [2.05, 4.69) is 22.4 Å². The fourth-order valence-electron chi connectivity index (χ4n) is 2.37. The van der Waals surface area contributed by atoms with Gasteiger partial charge < -0.3 is 9.15 Å². The van der Waals surface area contributed by atoms with Crippen molar-refractivity contribution in [2.24, 2.45) is 0 Å². The quantitative estimate of drug-likeness (QED) is 0.651. The smallest absolute Gasteiger partial charge is 0.375 e. The third kappa shape index (κ3) is 3.08. The van der Waals surface area contributed by atoms with E-state index in [1.807, 2.05) is 31.2 Å². The summed E-state index contributed by atoms with van der Waals surface area (Å²) in [6.07, 6.45) is 2.01. The van der Waals surface area contributed by atoms with Crippen LogP contribution >= 0.6 is 0 Å². The summed E-state index contributed by atoms with van der Waals surface area (Å²) in [6, 6.07) is 7.50. The number of unbranched alkanes of at least 4 members (excludes halogenated alkanes) is 1. The monoisotopic (exact) mass is 314 g/mol. The number of carbonyl (C=O) groups is 1. The Morgan fingerprint density at radius 1 is 1.35 bits per heavy atom.